The van der Waals surface area contributed by atoms with E-state index in [1.165, 1.54) is 6.92 Å². The number of hydrogen-bond donors (Lipinski definition) is 0. The maximum absolute atomic E-state index is 12.8. The fourth-order valence-corrected chi connectivity index (χ4v) is 6.93. The van der Waals surface area contributed by atoms with E-state index >= 15 is 0 Å². The lowest BCUT2D eigenvalue weighted by Gasteiger charge is -2.75. The van der Waals surface area contributed by atoms with Crippen LogP contribution in [0.5, 0.6) is 0 Å². The summed E-state index contributed by atoms with van der Waals surface area (Å²) in [6.07, 6.45) is 0.0360. The van der Waals surface area contributed by atoms with Crippen molar-refractivity contribution in [3.8, 4) is 0 Å². The molecule has 0 radical (unpaired) electrons. The molecule has 0 spiro atoms. The fraction of sp³-hybridized carbons (Fsp3) is 0.824. The van der Waals surface area contributed by atoms with E-state index in [1.807, 2.05) is 26.6 Å². The SMILES string of the molecule is CC(=O)[C@@H]1C2C(=O)C[C@]3(O[Si](C)(C)C)O[C@]4(C)C(=O)O[C@@]3(C)[C@H]2[C@@H]14. The van der Waals surface area contributed by atoms with Gasteiger partial charge in [-0.25, -0.2) is 4.79 Å². The van der Waals surface area contributed by atoms with Gasteiger partial charge in [0.15, 0.2) is 19.5 Å². The fourth-order valence-electron chi connectivity index (χ4n) is 5.62. The van der Waals surface area contributed by atoms with Crippen LogP contribution in [0.1, 0.15) is 27.2 Å². The lowest BCUT2D eigenvalue weighted by Crippen LogP contribution is -2.89. The molecule has 0 amide bonds. The van der Waals surface area contributed by atoms with E-state index in [-0.39, 0.29) is 35.7 Å². The van der Waals surface area contributed by atoms with Gasteiger partial charge in [-0.05, 0) is 40.4 Å². The standard InChI is InChI=1S/C17H24O6Si/c1-8(18)10-11-9(19)7-17(23-24(4,5)6)16(3)13(11)12(10)15(2,22-17)14(20)21-16/h10-13H,7H2,1-6H3/t10-,11?,12-,13-,15+,16+,17-/m1/s1. The molecule has 0 aromatic rings. The molecule has 1 unspecified atom stereocenters. The Morgan fingerprint density at radius 2 is 1.83 bits per heavy atom. The summed E-state index contributed by atoms with van der Waals surface area (Å²) in [6, 6.07) is 0. The van der Waals surface area contributed by atoms with E-state index in [9.17, 15) is 14.4 Å². The average Bonchev–Trinajstić information content (AvgIpc) is 2.28. The largest absolute Gasteiger partial charge is 0.451 e. The van der Waals surface area contributed by atoms with Crippen molar-refractivity contribution in [3.63, 3.8) is 0 Å². The predicted octanol–water partition coefficient (Wildman–Crippen LogP) is 1.68. The minimum absolute atomic E-state index is 0.00725. The Morgan fingerprint density at radius 1 is 1.21 bits per heavy atom. The topological polar surface area (TPSA) is 78.9 Å². The molecule has 7 heteroatoms. The third kappa shape index (κ3) is 1.61. The second-order valence-electron chi connectivity index (χ2n) is 9.03. The number of esters is 1. The number of hydrogen-bond acceptors (Lipinski definition) is 6. The molecule has 0 N–H and O–H groups in total. The van der Waals surface area contributed by atoms with E-state index in [1.54, 1.807) is 6.92 Å². The van der Waals surface area contributed by atoms with Crippen LogP contribution in [0.3, 0.4) is 0 Å². The van der Waals surface area contributed by atoms with Crippen LogP contribution in [0.25, 0.3) is 0 Å². The Kier molecular flexibility index (Phi) is 2.87. The van der Waals surface area contributed by atoms with Gasteiger partial charge < -0.3 is 13.9 Å². The number of rotatable bonds is 3. The smallest absolute Gasteiger partial charge is 0.339 e. The molecule has 3 aliphatic heterocycles. The van der Waals surface area contributed by atoms with Gasteiger partial charge in [0.05, 0.1) is 6.42 Å². The summed E-state index contributed by atoms with van der Waals surface area (Å²) < 4.78 is 18.5. The van der Waals surface area contributed by atoms with Gasteiger partial charge in [0.2, 0.25) is 5.79 Å². The number of carbonyl (C=O) groups excluding carboxylic acids is 3. The zero-order chi connectivity index (χ0) is 17.9. The molecule has 2 saturated carbocycles. The number of fused-ring (bicyclic) bond motifs is 1. The highest BCUT2D eigenvalue weighted by molar-refractivity contribution is 6.69. The van der Waals surface area contributed by atoms with Crippen LogP contribution in [-0.2, 0) is 28.3 Å². The summed E-state index contributed by atoms with van der Waals surface area (Å²) in [7, 11) is -2.08. The van der Waals surface area contributed by atoms with Gasteiger partial charge in [-0.2, -0.15) is 0 Å². The highest BCUT2D eigenvalue weighted by Crippen LogP contribution is 2.72. The summed E-state index contributed by atoms with van der Waals surface area (Å²) in [5.41, 5.74) is -2.24. The maximum atomic E-state index is 12.8. The van der Waals surface area contributed by atoms with Crippen LogP contribution in [-0.4, -0.2) is 42.8 Å². The van der Waals surface area contributed by atoms with Crippen LogP contribution in [0.4, 0.5) is 0 Å². The van der Waals surface area contributed by atoms with Gasteiger partial charge in [0, 0.05) is 23.7 Å². The van der Waals surface area contributed by atoms with E-state index in [2.05, 4.69) is 0 Å². The highest BCUT2D eigenvalue weighted by Gasteiger charge is 2.86. The first-order valence-electron chi connectivity index (χ1n) is 8.53. The van der Waals surface area contributed by atoms with Crippen molar-refractivity contribution in [3.05, 3.63) is 0 Å². The molecule has 0 aromatic carbocycles. The lowest BCUT2D eigenvalue weighted by molar-refractivity contribution is -0.446. The maximum Gasteiger partial charge on any atom is 0.339 e. The van der Waals surface area contributed by atoms with Gasteiger partial charge in [0.25, 0.3) is 0 Å². The average molecular weight is 352 g/mol. The molecule has 3 heterocycles. The van der Waals surface area contributed by atoms with Crippen molar-refractivity contribution in [1.29, 1.82) is 0 Å². The molecule has 5 aliphatic rings. The van der Waals surface area contributed by atoms with E-state index in [4.69, 9.17) is 13.9 Å². The van der Waals surface area contributed by atoms with Crippen molar-refractivity contribution in [2.75, 3.05) is 0 Å². The minimum Gasteiger partial charge on any atom is -0.451 e. The van der Waals surface area contributed by atoms with E-state index in [0.29, 0.717) is 0 Å². The molecule has 5 rings (SSSR count). The van der Waals surface area contributed by atoms with Crippen molar-refractivity contribution < 1.29 is 28.3 Å². The summed E-state index contributed by atoms with van der Waals surface area (Å²) in [4.78, 5) is 37.6. The van der Waals surface area contributed by atoms with Gasteiger partial charge in [-0.1, -0.05) is 0 Å². The molecule has 4 bridgehead atoms. The molecule has 5 fully saturated rings. The van der Waals surface area contributed by atoms with Gasteiger partial charge in [0.1, 0.15) is 11.6 Å². The Morgan fingerprint density at radius 3 is 2.38 bits per heavy atom. The van der Waals surface area contributed by atoms with Crippen LogP contribution < -0.4 is 0 Å². The first kappa shape index (κ1) is 16.4. The Bertz CT molecular complexity index is 683. The Balaban J connectivity index is 1.89. The molecule has 3 saturated heterocycles. The molecule has 6 nitrogen and oxygen atoms in total. The van der Waals surface area contributed by atoms with Gasteiger partial charge in [-0.3, -0.25) is 9.59 Å². The number of ketones is 2. The van der Waals surface area contributed by atoms with Crippen molar-refractivity contribution >= 4 is 25.9 Å². The van der Waals surface area contributed by atoms with Crippen molar-refractivity contribution in [2.45, 2.75) is 63.8 Å². The first-order chi connectivity index (χ1) is 10.9. The van der Waals surface area contributed by atoms with Crippen LogP contribution in [0.15, 0.2) is 0 Å². The zero-order valence-corrected chi connectivity index (χ0v) is 16.0. The first-order valence-corrected chi connectivity index (χ1v) is 11.9. The third-order valence-electron chi connectivity index (χ3n) is 6.38. The Labute approximate surface area is 142 Å². The minimum atomic E-state index is -2.08. The lowest BCUT2D eigenvalue weighted by atomic mass is 9.39. The zero-order valence-electron chi connectivity index (χ0n) is 15.0. The third-order valence-corrected chi connectivity index (χ3v) is 7.32. The number of carbonyl (C=O) groups is 3. The number of ether oxygens (including phenoxy) is 2. The van der Waals surface area contributed by atoms with Gasteiger partial charge >= 0.3 is 5.97 Å². The molecule has 7 atom stereocenters. The molecule has 2 aliphatic carbocycles. The molecule has 24 heavy (non-hydrogen) atoms. The highest BCUT2D eigenvalue weighted by atomic mass is 28.4. The molecule has 0 aromatic heterocycles. The van der Waals surface area contributed by atoms with E-state index in [0.717, 1.165) is 0 Å². The summed E-state index contributed by atoms with van der Waals surface area (Å²) in [5, 5.41) is 0. The normalized spacial score (nSPS) is 51.9. The van der Waals surface area contributed by atoms with Crippen LogP contribution >= 0.6 is 0 Å². The predicted molar refractivity (Wildman–Crippen MR) is 85.4 cm³/mol. The number of Topliss-reactive ketones (excluding diaryl/α,β-unsaturated/α-hetero) is 2. The molecular formula is C17H24O6Si. The molecule has 132 valence electrons. The summed E-state index contributed by atoms with van der Waals surface area (Å²) >= 11 is 0. The second-order valence-corrected chi connectivity index (χ2v) is 13.5. The summed E-state index contributed by atoms with van der Waals surface area (Å²) in [6.45, 7) is 11.1. The van der Waals surface area contributed by atoms with Crippen LogP contribution in [0.2, 0.25) is 19.6 Å². The van der Waals surface area contributed by atoms with Crippen molar-refractivity contribution in [2.24, 2.45) is 23.7 Å². The Hall–Kier alpha value is -1.05. The van der Waals surface area contributed by atoms with Crippen LogP contribution in [0, 0.1) is 23.7 Å². The van der Waals surface area contributed by atoms with Gasteiger partial charge in [-0.15, -0.1) is 0 Å². The molecular weight excluding hydrogens is 328 g/mol. The summed E-state index contributed by atoms with van der Waals surface area (Å²) in [5.74, 6) is -3.09. The quantitative estimate of drug-likeness (QED) is 0.568. The van der Waals surface area contributed by atoms with Crippen molar-refractivity contribution in [1.82, 2.24) is 0 Å². The monoisotopic (exact) mass is 352 g/mol. The second kappa shape index (κ2) is 4.19. The van der Waals surface area contributed by atoms with E-state index < -0.39 is 37.2 Å².